The Hall–Kier alpha value is -4.48. The summed E-state index contributed by atoms with van der Waals surface area (Å²) >= 11 is 0. The van der Waals surface area contributed by atoms with Crippen LogP contribution in [0.2, 0.25) is 0 Å². The molecule has 1 fully saturated rings. The van der Waals surface area contributed by atoms with E-state index in [9.17, 15) is 14.9 Å². The molecule has 0 atom stereocenters. The Labute approximate surface area is 234 Å². The van der Waals surface area contributed by atoms with Crippen LogP contribution in [0.4, 0.5) is 11.4 Å². The summed E-state index contributed by atoms with van der Waals surface area (Å²) in [7, 11) is 2.14. The first kappa shape index (κ1) is 27.1. The average Bonchev–Trinajstić information content (AvgIpc) is 3.18. The molecule has 1 aromatic heterocycles. The zero-order chi connectivity index (χ0) is 28.4. The fourth-order valence-corrected chi connectivity index (χ4v) is 5.05. The number of aromatic nitrogens is 2. The Balaban J connectivity index is 1.46. The van der Waals surface area contributed by atoms with Crippen LogP contribution in [-0.4, -0.2) is 53.6 Å². The fraction of sp³-hybridized carbons (Fsp3) is 0.312. The molecule has 8 nitrogen and oxygen atoms in total. The predicted molar refractivity (Wildman–Crippen MR) is 159 cm³/mol. The van der Waals surface area contributed by atoms with Crippen LogP contribution in [0.5, 0.6) is 0 Å². The smallest absolute Gasteiger partial charge is 0.265 e. The maximum Gasteiger partial charge on any atom is 0.265 e. The van der Waals surface area contributed by atoms with E-state index in [-0.39, 0.29) is 11.5 Å². The topological polar surface area (TPSA) is 94.3 Å². The molecule has 2 heterocycles. The van der Waals surface area contributed by atoms with Crippen LogP contribution >= 0.6 is 0 Å². The number of fused-ring (bicyclic) bond motifs is 1. The van der Waals surface area contributed by atoms with Crippen molar-refractivity contribution in [3.63, 3.8) is 0 Å². The number of nitrogens with one attached hydrogen (secondary N) is 1. The molecule has 0 unspecified atom stereocenters. The van der Waals surface area contributed by atoms with Gasteiger partial charge in [-0.1, -0.05) is 18.2 Å². The highest BCUT2D eigenvalue weighted by molar-refractivity contribution is 6.04. The predicted octanol–water partition coefficient (Wildman–Crippen LogP) is 4.89. The summed E-state index contributed by atoms with van der Waals surface area (Å²) in [6.45, 7) is 9.47. The molecule has 3 aromatic carbocycles. The summed E-state index contributed by atoms with van der Waals surface area (Å²) in [5.41, 5.74) is 4.14. The van der Waals surface area contributed by atoms with E-state index in [1.165, 1.54) is 0 Å². The van der Waals surface area contributed by atoms with E-state index in [0.29, 0.717) is 27.8 Å². The zero-order valence-corrected chi connectivity index (χ0v) is 23.4. The van der Waals surface area contributed by atoms with Gasteiger partial charge in [-0.05, 0) is 94.4 Å². The molecule has 204 valence electrons. The van der Waals surface area contributed by atoms with E-state index in [2.05, 4.69) is 33.2 Å². The van der Waals surface area contributed by atoms with Crippen LogP contribution in [0.3, 0.4) is 0 Å². The van der Waals surface area contributed by atoms with Crippen molar-refractivity contribution in [3.05, 3.63) is 94.0 Å². The van der Waals surface area contributed by atoms with Gasteiger partial charge in [-0.25, -0.2) is 4.98 Å². The highest BCUT2D eigenvalue weighted by Gasteiger charge is 2.21. The van der Waals surface area contributed by atoms with Crippen molar-refractivity contribution in [2.75, 3.05) is 43.4 Å². The highest BCUT2D eigenvalue weighted by atomic mass is 16.1. The van der Waals surface area contributed by atoms with Gasteiger partial charge >= 0.3 is 0 Å². The second kappa shape index (κ2) is 10.9. The monoisotopic (exact) mass is 534 g/mol. The van der Waals surface area contributed by atoms with Gasteiger partial charge in [0.1, 0.15) is 6.33 Å². The summed E-state index contributed by atoms with van der Waals surface area (Å²) in [4.78, 5) is 36.1. The Kier molecular flexibility index (Phi) is 7.42. The number of amides is 1. The molecular formula is C32H34N6O2. The molecular weight excluding hydrogens is 500 g/mol. The molecule has 0 saturated carbocycles. The quantitative estimate of drug-likeness (QED) is 0.392. The number of hydrogen-bond donors (Lipinski definition) is 1. The lowest BCUT2D eigenvalue weighted by Gasteiger charge is -2.23. The summed E-state index contributed by atoms with van der Waals surface area (Å²) < 4.78 is 1.55. The number of benzene rings is 3. The first-order valence-corrected chi connectivity index (χ1v) is 13.6. The first-order valence-electron chi connectivity index (χ1n) is 13.6. The first-order chi connectivity index (χ1) is 19.2. The van der Waals surface area contributed by atoms with E-state index in [0.717, 1.165) is 49.4 Å². The number of nitriles is 1. The summed E-state index contributed by atoms with van der Waals surface area (Å²) in [5, 5.41) is 13.0. The minimum atomic E-state index is -0.707. The van der Waals surface area contributed by atoms with Crippen molar-refractivity contribution in [1.29, 1.82) is 5.26 Å². The van der Waals surface area contributed by atoms with Gasteiger partial charge in [0.15, 0.2) is 0 Å². The number of carbonyl (C=O) groups excluding carboxylic acids is 1. The number of nitrogens with zero attached hydrogens (tertiary/aromatic N) is 5. The maximum atomic E-state index is 13.7. The van der Waals surface area contributed by atoms with Crippen molar-refractivity contribution in [1.82, 2.24) is 14.5 Å². The minimum absolute atomic E-state index is 0.156. The SMILES string of the molecule is Cc1ccc(NC(=O)c2cccc(C(C)(C)C#N)c2)cc1-n1cnc2ccc(N3CCCN(C)CC3)cc2c1=O. The lowest BCUT2D eigenvalue weighted by Crippen LogP contribution is -2.29. The van der Waals surface area contributed by atoms with Crippen LogP contribution in [0.25, 0.3) is 16.6 Å². The van der Waals surface area contributed by atoms with E-state index >= 15 is 0 Å². The van der Waals surface area contributed by atoms with Crippen LogP contribution < -0.4 is 15.8 Å². The Morgan fingerprint density at radius 2 is 1.85 bits per heavy atom. The Morgan fingerprint density at radius 3 is 2.65 bits per heavy atom. The van der Waals surface area contributed by atoms with Crippen LogP contribution in [-0.2, 0) is 5.41 Å². The lowest BCUT2D eigenvalue weighted by molar-refractivity contribution is 0.102. The molecule has 0 aliphatic carbocycles. The molecule has 0 radical (unpaired) electrons. The average molecular weight is 535 g/mol. The lowest BCUT2D eigenvalue weighted by atomic mass is 9.85. The molecule has 40 heavy (non-hydrogen) atoms. The third-order valence-corrected chi connectivity index (χ3v) is 7.68. The van der Waals surface area contributed by atoms with Gasteiger partial charge in [0.05, 0.1) is 28.1 Å². The second-order valence-electron chi connectivity index (χ2n) is 11.0. The number of rotatable bonds is 5. The van der Waals surface area contributed by atoms with Crippen molar-refractivity contribution >= 4 is 28.2 Å². The van der Waals surface area contributed by atoms with Gasteiger partial charge in [-0.2, -0.15) is 5.26 Å². The van der Waals surface area contributed by atoms with Crippen LogP contribution in [0.15, 0.2) is 71.8 Å². The van der Waals surface area contributed by atoms with E-state index in [1.54, 1.807) is 35.2 Å². The summed E-state index contributed by atoms with van der Waals surface area (Å²) in [6, 6.07) is 20.7. The fourth-order valence-electron chi connectivity index (χ4n) is 5.05. The third-order valence-electron chi connectivity index (χ3n) is 7.68. The largest absolute Gasteiger partial charge is 0.370 e. The van der Waals surface area contributed by atoms with Crippen molar-refractivity contribution < 1.29 is 4.79 Å². The minimum Gasteiger partial charge on any atom is -0.370 e. The van der Waals surface area contributed by atoms with Crippen molar-refractivity contribution in [2.24, 2.45) is 0 Å². The van der Waals surface area contributed by atoms with Gasteiger partial charge in [0, 0.05) is 36.6 Å². The van der Waals surface area contributed by atoms with Gasteiger partial charge in [-0.3, -0.25) is 14.2 Å². The molecule has 8 heteroatoms. The van der Waals surface area contributed by atoms with Crippen LogP contribution in [0, 0.1) is 18.3 Å². The van der Waals surface area contributed by atoms with Crippen molar-refractivity contribution in [2.45, 2.75) is 32.6 Å². The van der Waals surface area contributed by atoms with Gasteiger partial charge < -0.3 is 15.1 Å². The van der Waals surface area contributed by atoms with Gasteiger partial charge in [-0.15, -0.1) is 0 Å². The molecule has 1 aliphatic heterocycles. The summed E-state index contributed by atoms with van der Waals surface area (Å²) in [5.74, 6) is -0.290. The van der Waals surface area contributed by atoms with Gasteiger partial charge in [0.2, 0.25) is 0 Å². The van der Waals surface area contributed by atoms with E-state index in [1.807, 2.05) is 57.2 Å². The molecule has 5 rings (SSSR count). The van der Waals surface area contributed by atoms with E-state index < -0.39 is 5.41 Å². The van der Waals surface area contributed by atoms with Crippen molar-refractivity contribution in [3.8, 4) is 11.8 Å². The molecule has 1 N–H and O–H groups in total. The number of carbonyl (C=O) groups is 1. The van der Waals surface area contributed by atoms with Gasteiger partial charge in [0.25, 0.3) is 11.5 Å². The normalized spacial score (nSPS) is 14.5. The molecule has 1 saturated heterocycles. The molecule has 0 bridgehead atoms. The maximum absolute atomic E-state index is 13.7. The molecule has 1 aliphatic rings. The second-order valence-corrected chi connectivity index (χ2v) is 11.0. The highest BCUT2D eigenvalue weighted by Crippen LogP contribution is 2.25. The third kappa shape index (κ3) is 5.47. The number of aryl methyl sites for hydroxylation is 1. The number of hydrogen-bond acceptors (Lipinski definition) is 6. The standard InChI is InChI=1S/C32H34N6O2/c1-22-9-10-25(35-30(39)23-7-5-8-24(17-23)32(2,3)20-33)18-29(22)38-21-34-28-12-11-26(19-27(28)31(38)40)37-14-6-13-36(4)15-16-37/h5,7-12,17-19,21H,6,13-16H2,1-4H3,(H,35,39). The number of likely N-dealkylation sites (N-methyl/N-ethyl adjacent to an activating group) is 1. The number of anilines is 2. The summed E-state index contributed by atoms with van der Waals surface area (Å²) in [6.07, 6.45) is 2.62. The molecule has 0 spiro atoms. The molecule has 1 amide bonds. The van der Waals surface area contributed by atoms with Crippen LogP contribution in [0.1, 0.15) is 41.8 Å². The van der Waals surface area contributed by atoms with E-state index in [4.69, 9.17) is 0 Å². The molecule has 4 aromatic rings. The Morgan fingerprint density at radius 1 is 1.02 bits per heavy atom. The zero-order valence-electron chi connectivity index (χ0n) is 23.4. The Bertz CT molecular complexity index is 1680.